The van der Waals surface area contributed by atoms with E-state index in [0.717, 1.165) is 0 Å². The minimum atomic E-state index is -0.0612. The predicted octanol–water partition coefficient (Wildman–Crippen LogP) is 3.38. The van der Waals surface area contributed by atoms with Crippen LogP contribution in [0.2, 0.25) is 0 Å². The fourth-order valence-corrected chi connectivity index (χ4v) is 1.30. The minimum absolute atomic E-state index is 0.0612. The number of hydrogen-bond acceptors (Lipinski definition) is 1. The maximum absolute atomic E-state index is 8.08. The molecular formula is C12H26N2. The van der Waals surface area contributed by atoms with E-state index in [-0.39, 0.29) is 10.8 Å². The molecule has 1 unspecified atom stereocenters. The Kier molecular flexibility index (Phi) is 3.77. The molecule has 2 heteroatoms. The smallest absolute Gasteiger partial charge is 0.101 e. The number of nitrogens with zero attached hydrogens (tertiary/aromatic N) is 1. The molecule has 2 nitrogen and oxygen atoms in total. The molecule has 0 bridgehead atoms. The van der Waals surface area contributed by atoms with E-state index in [2.05, 4.69) is 53.4 Å². The van der Waals surface area contributed by atoms with E-state index >= 15 is 0 Å². The molecule has 0 aliphatic carbocycles. The second kappa shape index (κ2) is 3.92. The number of rotatable bonds is 1. The van der Waals surface area contributed by atoms with Gasteiger partial charge in [0.2, 0.25) is 0 Å². The van der Waals surface area contributed by atoms with Crippen molar-refractivity contribution in [2.24, 2.45) is 10.8 Å². The van der Waals surface area contributed by atoms with Crippen molar-refractivity contribution in [3.8, 4) is 0 Å². The van der Waals surface area contributed by atoms with Gasteiger partial charge in [0.15, 0.2) is 0 Å². The van der Waals surface area contributed by atoms with Crippen LogP contribution < -0.4 is 0 Å². The first-order valence-electron chi connectivity index (χ1n) is 5.30. The van der Waals surface area contributed by atoms with E-state index in [9.17, 15) is 0 Å². The zero-order chi connectivity index (χ0) is 11.7. The lowest BCUT2D eigenvalue weighted by Gasteiger charge is -2.40. The summed E-state index contributed by atoms with van der Waals surface area (Å²) in [7, 11) is 2.02. The summed E-state index contributed by atoms with van der Waals surface area (Å²) >= 11 is 0. The first-order valence-corrected chi connectivity index (χ1v) is 5.30. The average Bonchev–Trinajstić information content (AvgIpc) is 1.97. The molecule has 0 aromatic heterocycles. The van der Waals surface area contributed by atoms with Gasteiger partial charge in [0.05, 0.1) is 0 Å². The molecular weight excluding hydrogens is 172 g/mol. The zero-order valence-electron chi connectivity index (χ0n) is 11.0. The Labute approximate surface area is 89.2 Å². The highest BCUT2D eigenvalue weighted by molar-refractivity contribution is 5.84. The van der Waals surface area contributed by atoms with Crippen LogP contribution in [0.4, 0.5) is 0 Å². The molecule has 0 rings (SSSR count). The third-order valence-electron chi connectivity index (χ3n) is 2.90. The maximum atomic E-state index is 8.08. The van der Waals surface area contributed by atoms with Gasteiger partial charge in [-0.25, -0.2) is 0 Å². The number of nitrogens with one attached hydrogen (secondary N) is 1. The van der Waals surface area contributed by atoms with E-state index in [1.807, 2.05) is 7.05 Å². The van der Waals surface area contributed by atoms with Crippen LogP contribution in [-0.4, -0.2) is 23.8 Å². The number of hydrogen-bond donors (Lipinski definition) is 1. The molecule has 0 aliphatic rings. The second-order valence-electron chi connectivity index (χ2n) is 6.25. The van der Waals surface area contributed by atoms with Gasteiger partial charge < -0.3 is 4.90 Å². The molecule has 0 saturated carbocycles. The Morgan fingerprint density at radius 1 is 1.07 bits per heavy atom. The van der Waals surface area contributed by atoms with Crippen LogP contribution in [-0.2, 0) is 0 Å². The lowest BCUT2D eigenvalue weighted by Crippen LogP contribution is -2.46. The van der Waals surface area contributed by atoms with Crippen molar-refractivity contribution < 1.29 is 0 Å². The average molecular weight is 198 g/mol. The highest BCUT2D eigenvalue weighted by Crippen LogP contribution is 2.26. The molecule has 0 aromatic rings. The van der Waals surface area contributed by atoms with Gasteiger partial charge in [-0.05, 0) is 12.3 Å². The van der Waals surface area contributed by atoms with Gasteiger partial charge in [0.1, 0.15) is 5.84 Å². The van der Waals surface area contributed by atoms with Gasteiger partial charge in [0, 0.05) is 18.5 Å². The zero-order valence-corrected chi connectivity index (χ0v) is 11.0. The Morgan fingerprint density at radius 2 is 1.43 bits per heavy atom. The van der Waals surface area contributed by atoms with Crippen LogP contribution in [0.5, 0.6) is 0 Å². The second-order valence-corrected chi connectivity index (χ2v) is 6.25. The van der Waals surface area contributed by atoms with Crippen molar-refractivity contribution in [1.82, 2.24) is 4.90 Å². The quantitative estimate of drug-likeness (QED) is 0.507. The predicted molar refractivity (Wildman–Crippen MR) is 63.9 cm³/mol. The summed E-state index contributed by atoms with van der Waals surface area (Å²) in [5.41, 5.74) is 0.153. The van der Waals surface area contributed by atoms with Crippen LogP contribution in [0.3, 0.4) is 0 Å². The van der Waals surface area contributed by atoms with Gasteiger partial charge in [0.25, 0.3) is 0 Å². The highest BCUT2D eigenvalue weighted by atomic mass is 15.2. The molecule has 0 radical (unpaired) electrons. The Hall–Kier alpha value is -0.530. The molecule has 0 saturated heterocycles. The van der Waals surface area contributed by atoms with Crippen LogP contribution in [0.1, 0.15) is 48.5 Å². The SMILES string of the molecule is CC(N(C)C(=N)C(C)(C)C)C(C)(C)C. The fourth-order valence-electron chi connectivity index (χ4n) is 1.30. The van der Waals surface area contributed by atoms with Gasteiger partial charge in [-0.3, -0.25) is 5.41 Å². The van der Waals surface area contributed by atoms with Gasteiger partial charge in [-0.1, -0.05) is 41.5 Å². The summed E-state index contributed by atoms with van der Waals surface area (Å²) in [4.78, 5) is 2.08. The molecule has 0 aromatic carbocycles. The maximum Gasteiger partial charge on any atom is 0.101 e. The summed E-state index contributed by atoms with van der Waals surface area (Å²) in [5, 5.41) is 8.08. The van der Waals surface area contributed by atoms with Gasteiger partial charge in [-0.15, -0.1) is 0 Å². The van der Waals surface area contributed by atoms with E-state index in [1.54, 1.807) is 0 Å². The molecule has 84 valence electrons. The summed E-state index contributed by atoms with van der Waals surface area (Å²) in [6.45, 7) is 15.1. The molecule has 1 N–H and O–H groups in total. The third kappa shape index (κ3) is 3.32. The van der Waals surface area contributed by atoms with Gasteiger partial charge in [-0.2, -0.15) is 0 Å². The largest absolute Gasteiger partial charge is 0.360 e. The first-order chi connectivity index (χ1) is 5.98. The molecule has 0 amide bonds. The molecule has 14 heavy (non-hydrogen) atoms. The molecule has 0 fully saturated rings. The topological polar surface area (TPSA) is 27.1 Å². The van der Waals surface area contributed by atoms with E-state index in [0.29, 0.717) is 11.9 Å². The van der Waals surface area contributed by atoms with Crippen molar-refractivity contribution in [2.45, 2.75) is 54.5 Å². The van der Waals surface area contributed by atoms with Crippen LogP contribution in [0.25, 0.3) is 0 Å². The Balaban J connectivity index is 4.65. The van der Waals surface area contributed by atoms with Crippen LogP contribution >= 0.6 is 0 Å². The summed E-state index contributed by atoms with van der Waals surface area (Å²) in [6, 6.07) is 0.384. The van der Waals surface area contributed by atoms with E-state index < -0.39 is 0 Å². The van der Waals surface area contributed by atoms with Crippen LogP contribution in [0.15, 0.2) is 0 Å². The summed E-state index contributed by atoms with van der Waals surface area (Å²) in [6.07, 6.45) is 0. The van der Waals surface area contributed by atoms with Crippen molar-refractivity contribution in [1.29, 1.82) is 5.41 Å². The third-order valence-corrected chi connectivity index (χ3v) is 2.90. The first kappa shape index (κ1) is 13.5. The van der Waals surface area contributed by atoms with Crippen molar-refractivity contribution >= 4 is 5.84 Å². The molecule has 0 heterocycles. The van der Waals surface area contributed by atoms with Crippen molar-refractivity contribution in [2.75, 3.05) is 7.05 Å². The lowest BCUT2D eigenvalue weighted by atomic mass is 9.85. The normalized spacial score (nSPS) is 15.1. The summed E-state index contributed by atoms with van der Waals surface area (Å²) < 4.78 is 0. The van der Waals surface area contributed by atoms with E-state index in [4.69, 9.17) is 5.41 Å². The van der Waals surface area contributed by atoms with Crippen molar-refractivity contribution in [3.05, 3.63) is 0 Å². The Morgan fingerprint density at radius 3 is 1.64 bits per heavy atom. The minimum Gasteiger partial charge on any atom is -0.360 e. The van der Waals surface area contributed by atoms with E-state index in [1.165, 1.54) is 0 Å². The van der Waals surface area contributed by atoms with Crippen LogP contribution in [0, 0.1) is 16.2 Å². The van der Waals surface area contributed by atoms with Crippen molar-refractivity contribution in [3.63, 3.8) is 0 Å². The summed E-state index contributed by atoms with van der Waals surface area (Å²) in [5.74, 6) is 0.708. The standard InChI is InChI=1S/C12H26N2/c1-9(11(2,3)4)14(8)10(13)12(5,6)7/h9,13H,1-8H3. The Bertz CT molecular complexity index is 205. The fraction of sp³-hybridized carbons (Fsp3) is 0.917. The van der Waals surface area contributed by atoms with Gasteiger partial charge >= 0.3 is 0 Å². The monoisotopic (exact) mass is 198 g/mol. The number of amidine groups is 1. The molecule has 1 atom stereocenters. The highest BCUT2D eigenvalue weighted by Gasteiger charge is 2.29. The molecule has 0 aliphatic heterocycles. The molecule has 0 spiro atoms. The lowest BCUT2D eigenvalue weighted by molar-refractivity contribution is 0.196.